The number of urea groups is 3. The third-order valence-corrected chi connectivity index (χ3v) is 12.0. The summed E-state index contributed by atoms with van der Waals surface area (Å²) in [6, 6.07) is -2.87. The van der Waals surface area contributed by atoms with Gasteiger partial charge in [-0.15, -0.1) is 0 Å². The lowest BCUT2D eigenvalue weighted by molar-refractivity contribution is -0.127. The van der Waals surface area contributed by atoms with Crippen molar-refractivity contribution in [2.45, 2.75) is 160 Å². The van der Waals surface area contributed by atoms with E-state index in [0.29, 0.717) is 64.3 Å². The molecule has 3 rings (SSSR count). The van der Waals surface area contributed by atoms with Gasteiger partial charge in [0.05, 0.1) is 6.04 Å². The molecule has 5 atom stereocenters. The Morgan fingerprint density at radius 1 is 0.793 bits per heavy atom. The molecule has 1 saturated carbocycles. The van der Waals surface area contributed by atoms with E-state index in [-0.39, 0.29) is 48.9 Å². The Morgan fingerprint density at radius 2 is 1.43 bits per heavy atom. The van der Waals surface area contributed by atoms with Crippen LogP contribution < -0.4 is 31.9 Å². The van der Waals surface area contributed by atoms with Crippen molar-refractivity contribution in [3.63, 3.8) is 0 Å². The van der Waals surface area contributed by atoms with Crippen molar-refractivity contribution in [3.05, 3.63) is 0 Å². The standard InChI is InChI=1S/C41H74N10O7/c1-6-36(53)45-32(29-52)28-50(27-21-33-18-15-25-48(33)5)40(57)44-24-14-9-8-13-23-43-39(56)49(7-2)26-22-34-19-20-35(38(55)46-31-16-11-10-12-17-31)51(34)41(58)47-37(54)30(3)42-4/h29-35,42H,6-28H2,1-5H3,(H,43,56)(H,44,57)(H,45,53)(H,46,55)(H,47,54,58)/t30?,32-,33-,34+,35?/m0/s1. The predicted octanol–water partition coefficient (Wildman–Crippen LogP) is 2.68. The van der Waals surface area contributed by atoms with Gasteiger partial charge in [-0.1, -0.05) is 39.0 Å². The average Bonchev–Trinajstić information content (AvgIpc) is 3.85. The van der Waals surface area contributed by atoms with Gasteiger partial charge in [-0.05, 0) is 98.7 Å². The molecule has 2 aliphatic heterocycles. The summed E-state index contributed by atoms with van der Waals surface area (Å²) in [5.74, 6) is -0.880. The molecule has 0 aromatic heterocycles. The van der Waals surface area contributed by atoms with Crippen molar-refractivity contribution in [2.24, 2.45) is 0 Å². The minimum atomic E-state index is -0.761. The summed E-state index contributed by atoms with van der Waals surface area (Å²) in [6.07, 6.45) is 13.9. The molecule has 1 aliphatic carbocycles. The molecule has 58 heavy (non-hydrogen) atoms. The van der Waals surface area contributed by atoms with Gasteiger partial charge in [0, 0.05) is 63.8 Å². The molecule has 0 aromatic rings. The fourth-order valence-electron chi connectivity index (χ4n) is 8.20. The Kier molecular flexibility index (Phi) is 21.8. The molecule has 330 valence electrons. The van der Waals surface area contributed by atoms with E-state index in [0.717, 1.165) is 83.6 Å². The Balaban J connectivity index is 1.42. The van der Waals surface area contributed by atoms with Crippen LogP contribution in [0.5, 0.6) is 0 Å². The molecule has 9 amide bonds. The van der Waals surface area contributed by atoms with E-state index in [1.807, 2.05) is 6.92 Å². The predicted molar refractivity (Wildman–Crippen MR) is 223 cm³/mol. The highest BCUT2D eigenvalue weighted by molar-refractivity contribution is 5.99. The molecule has 0 bridgehead atoms. The van der Waals surface area contributed by atoms with E-state index in [2.05, 4.69) is 43.8 Å². The Labute approximate surface area is 346 Å². The van der Waals surface area contributed by atoms with Crippen LogP contribution in [-0.2, 0) is 19.2 Å². The lowest BCUT2D eigenvalue weighted by Crippen LogP contribution is -2.56. The first-order chi connectivity index (χ1) is 27.9. The van der Waals surface area contributed by atoms with E-state index >= 15 is 0 Å². The SMILES string of the molecule is CCC(=O)N[C@H](C=O)CN(CC[C@@H]1CCCN1C)C(=O)NCCCCCCNC(=O)N(CC)CC[C@H]1CCC(C(=O)NC2CCCCC2)N1C(=O)NC(=O)C(C)NC. The fraction of sp³-hybridized carbons (Fsp3) is 0.829. The second kappa shape index (κ2) is 26.2. The van der Waals surface area contributed by atoms with Crippen LogP contribution in [0.3, 0.4) is 0 Å². The van der Waals surface area contributed by atoms with Gasteiger partial charge >= 0.3 is 18.1 Å². The first-order valence-corrected chi connectivity index (χ1v) is 22.0. The maximum Gasteiger partial charge on any atom is 0.325 e. The molecular formula is C41H74N10O7. The fourth-order valence-corrected chi connectivity index (χ4v) is 8.20. The van der Waals surface area contributed by atoms with Crippen molar-refractivity contribution in [2.75, 3.05) is 59.9 Å². The van der Waals surface area contributed by atoms with E-state index in [4.69, 9.17) is 0 Å². The second-order valence-electron chi connectivity index (χ2n) is 16.2. The van der Waals surface area contributed by atoms with Gasteiger partial charge in [-0.25, -0.2) is 14.4 Å². The summed E-state index contributed by atoms with van der Waals surface area (Å²) in [5, 5.41) is 17.2. The van der Waals surface area contributed by atoms with Crippen LogP contribution in [0.25, 0.3) is 0 Å². The van der Waals surface area contributed by atoms with Crippen molar-refractivity contribution in [3.8, 4) is 0 Å². The first-order valence-electron chi connectivity index (χ1n) is 22.0. The van der Waals surface area contributed by atoms with Gasteiger partial charge in [0.1, 0.15) is 18.4 Å². The molecule has 2 saturated heterocycles. The lowest BCUT2D eigenvalue weighted by atomic mass is 9.95. The molecule has 2 heterocycles. The van der Waals surface area contributed by atoms with Crippen LogP contribution in [0.4, 0.5) is 14.4 Å². The molecule has 2 unspecified atom stereocenters. The molecule has 3 fully saturated rings. The number of likely N-dealkylation sites (N-methyl/N-ethyl adjacent to an activating group) is 1. The monoisotopic (exact) mass is 819 g/mol. The third kappa shape index (κ3) is 16.0. The summed E-state index contributed by atoms with van der Waals surface area (Å²) < 4.78 is 0. The van der Waals surface area contributed by atoms with Crippen LogP contribution >= 0.6 is 0 Å². The number of hydrogen-bond acceptors (Lipinski definition) is 9. The quantitative estimate of drug-likeness (QED) is 0.0662. The number of imide groups is 1. The van der Waals surface area contributed by atoms with Gasteiger partial charge in [0.15, 0.2) is 0 Å². The van der Waals surface area contributed by atoms with Crippen molar-refractivity contribution in [1.82, 2.24) is 51.5 Å². The smallest absolute Gasteiger partial charge is 0.325 e. The summed E-state index contributed by atoms with van der Waals surface area (Å²) in [7, 11) is 3.73. The van der Waals surface area contributed by atoms with Crippen LogP contribution in [0.15, 0.2) is 0 Å². The molecule has 0 aromatic carbocycles. The van der Waals surface area contributed by atoms with Gasteiger partial charge in [-0.3, -0.25) is 19.7 Å². The highest BCUT2D eigenvalue weighted by atomic mass is 16.2. The molecule has 0 spiro atoms. The second-order valence-corrected chi connectivity index (χ2v) is 16.2. The van der Waals surface area contributed by atoms with Gasteiger partial charge in [-0.2, -0.15) is 0 Å². The highest BCUT2D eigenvalue weighted by Crippen LogP contribution is 2.28. The molecular weight excluding hydrogens is 745 g/mol. The Morgan fingerprint density at radius 3 is 2.02 bits per heavy atom. The maximum atomic E-state index is 13.5. The van der Waals surface area contributed by atoms with Gasteiger partial charge in [0.2, 0.25) is 17.7 Å². The first kappa shape index (κ1) is 48.4. The molecule has 6 N–H and O–H groups in total. The minimum absolute atomic E-state index is 0.0991. The molecule has 17 nitrogen and oxygen atoms in total. The van der Waals surface area contributed by atoms with E-state index < -0.39 is 30.1 Å². The largest absolute Gasteiger partial charge is 0.352 e. The average molecular weight is 819 g/mol. The molecule has 17 heteroatoms. The van der Waals surface area contributed by atoms with Gasteiger partial charge in [0.25, 0.3) is 0 Å². The summed E-state index contributed by atoms with van der Waals surface area (Å²) in [5.41, 5.74) is 0. The summed E-state index contributed by atoms with van der Waals surface area (Å²) in [6.45, 7) is 8.76. The summed E-state index contributed by atoms with van der Waals surface area (Å²) in [4.78, 5) is 96.7. The topological polar surface area (TPSA) is 205 Å². The van der Waals surface area contributed by atoms with Gasteiger partial charge < -0.3 is 51.0 Å². The van der Waals surface area contributed by atoms with Crippen molar-refractivity contribution >= 4 is 42.1 Å². The van der Waals surface area contributed by atoms with Crippen molar-refractivity contribution in [1.29, 1.82) is 0 Å². The number of likely N-dealkylation sites (tertiary alicyclic amines) is 2. The minimum Gasteiger partial charge on any atom is -0.352 e. The lowest BCUT2D eigenvalue weighted by Gasteiger charge is -2.32. The van der Waals surface area contributed by atoms with E-state index in [1.54, 1.807) is 30.7 Å². The third-order valence-electron chi connectivity index (χ3n) is 12.0. The zero-order chi connectivity index (χ0) is 42.5. The van der Waals surface area contributed by atoms with E-state index in [1.165, 1.54) is 4.90 Å². The Hall–Kier alpha value is -3.99. The number of rotatable bonds is 23. The Bertz CT molecular complexity index is 1330. The van der Waals surface area contributed by atoms with Crippen LogP contribution in [-0.4, -0.2) is 158 Å². The number of nitrogens with one attached hydrogen (secondary N) is 6. The number of unbranched alkanes of at least 4 members (excludes halogenated alkanes) is 3. The number of carbonyl (C=O) groups is 7. The number of aldehydes is 1. The van der Waals surface area contributed by atoms with Crippen LogP contribution in [0.1, 0.15) is 124 Å². The van der Waals surface area contributed by atoms with Crippen molar-refractivity contribution < 1.29 is 33.6 Å². The van der Waals surface area contributed by atoms with E-state index in [9.17, 15) is 33.6 Å². The maximum absolute atomic E-state index is 13.5. The number of carbonyl (C=O) groups excluding carboxylic acids is 7. The van der Waals surface area contributed by atoms with Crippen LogP contribution in [0, 0.1) is 0 Å². The summed E-state index contributed by atoms with van der Waals surface area (Å²) >= 11 is 0. The zero-order valence-electron chi connectivity index (χ0n) is 36.0. The zero-order valence-corrected chi connectivity index (χ0v) is 36.0. The number of amides is 9. The van der Waals surface area contributed by atoms with Crippen LogP contribution in [0.2, 0.25) is 0 Å². The number of hydrogen-bond donors (Lipinski definition) is 6. The molecule has 0 radical (unpaired) electrons. The highest BCUT2D eigenvalue weighted by Gasteiger charge is 2.42. The number of nitrogens with zero attached hydrogens (tertiary/aromatic N) is 4. The molecule has 3 aliphatic rings. The normalized spacial score (nSPS) is 20.8.